The lowest BCUT2D eigenvalue weighted by molar-refractivity contribution is -0.281. The number of ether oxygens (including phenoxy) is 6. The van der Waals surface area contributed by atoms with Crippen molar-refractivity contribution in [3.63, 3.8) is 0 Å². The molecule has 1 unspecified atom stereocenters. The number of allylic oxidation sites excluding steroid dienone is 1. The van der Waals surface area contributed by atoms with E-state index in [9.17, 15) is 19.5 Å². The average molecular weight is 672 g/mol. The summed E-state index contributed by atoms with van der Waals surface area (Å²) in [6.07, 6.45) is -1.76. The summed E-state index contributed by atoms with van der Waals surface area (Å²) in [5, 5.41) is 9.36. The van der Waals surface area contributed by atoms with Gasteiger partial charge in [-0.2, -0.15) is 11.8 Å². The number of methoxy groups -OCH3 is 1. The summed E-state index contributed by atoms with van der Waals surface area (Å²) in [6, 6.07) is -0.185. The van der Waals surface area contributed by atoms with Gasteiger partial charge >= 0.3 is 5.97 Å². The van der Waals surface area contributed by atoms with Crippen LogP contribution in [0.25, 0.3) is 0 Å². The molecule has 2 saturated heterocycles. The summed E-state index contributed by atoms with van der Waals surface area (Å²) in [5.74, 6) is -2.02. The molecule has 2 fully saturated rings. The SMILES string of the molecule is CC[C@H]1O/C2=C(\C)C(=O)[C@H](C)[C@@H](OC3O[C@H](C)C[C@H](N(C)C)[C@H]3OC(C)=O)C[C@@](C)(OC)[C@@H](C)C(=O)[C@@H](C)[C@@H](SCCO)[C@@]1(C)O2. The lowest BCUT2D eigenvalue weighted by Crippen LogP contribution is -2.57. The molecule has 46 heavy (non-hydrogen) atoms. The van der Waals surface area contributed by atoms with Crippen molar-refractivity contribution in [3.8, 4) is 0 Å². The highest BCUT2D eigenvalue weighted by Gasteiger charge is 2.56. The third-order valence-corrected chi connectivity index (χ3v) is 12.0. The summed E-state index contributed by atoms with van der Waals surface area (Å²) < 4.78 is 37.8. The number of aliphatic hydroxyl groups excluding tert-OH is 1. The van der Waals surface area contributed by atoms with E-state index in [0.717, 1.165) is 0 Å². The molecule has 0 spiro atoms. The van der Waals surface area contributed by atoms with Gasteiger partial charge in [0.2, 0.25) is 0 Å². The van der Waals surface area contributed by atoms with Crippen LogP contribution < -0.4 is 0 Å². The minimum Gasteiger partial charge on any atom is -0.458 e. The molecular formula is C34H57NO10S. The van der Waals surface area contributed by atoms with Crippen LogP contribution in [0.15, 0.2) is 11.5 Å². The zero-order valence-electron chi connectivity index (χ0n) is 29.8. The first kappa shape index (κ1) is 38.7. The van der Waals surface area contributed by atoms with Crippen LogP contribution in [-0.4, -0.2) is 114 Å². The second-order valence-electron chi connectivity index (χ2n) is 13.8. The van der Waals surface area contributed by atoms with Gasteiger partial charge in [-0.1, -0.05) is 27.7 Å². The Kier molecular flexibility index (Phi) is 13.2. The highest BCUT2D eigenvalue weighted by Crippen LogP contribution is 2.47. The van der Waals surface area contributed by atoms with Gasteiger partial charge < -0.3 is 38.4 Å². The fraction of sp³-hybridized carbons (Fsp3) is 0.853. The van der Waals surface area contributed by atoms with Crippen LogP contribution in [0.4, 0.5) is 0 Å². The van der Waals surface area contributed by atoms with Gasteiger partial charge in [0.15, 0.2) is 23.8 Å². The highest BCUT2D eigenvalue weighted by molar-refractivity contribution is 8.00. The second kappa shape index (κ2) is 15.7. The van der Waals surface area contributed by atoms with Crippen molar-refractivity contribution in [1.82, 2.24) is 4.90 Å². The van der Waals surface area contributed by atoms with Crippen LogP contribution in [-0.2, 0) is 42.8 Å². The number of thioether (sulfide) groups is 1. The molecule has 3 heterocycles. The third-order valence-electron chi connectivity index (χ3n) is 10.4. The first-order valence-corrected chi connectivity index (χ1v) is 17.6. The largest absolute Gasteiger partial charge is 0.458 e. The first-order valence-electron chi connectivity index (χ1n) is 16.5. The Morgan fingerprint density at radius 1 is 1.13 bits per heavy atom. The summed E-state index contributed by atoms with van der Waals surface area (Å²) in [4.78, 5) is 42.9. The molecule has 0 amide bonds. The minimum atomic E-state index is -1.04. The quantitative estimate of drug-likeness (QED) is 0.354. The topological polar surface area (TPSA) is 130 Å². The predicted octanol–water partition coefficient (Wildman–Crippen LogP) is 4.13. The van der Waals surface area contributed by atoms with E-state index in [1.54, 1.807) is 21.0 Å². The maximum absolute atomic E-state index is 14.4. The van der Waals surface area contributed by atoms with Gasteiger partial charge in [-0.15, -0.1) is 0 Å². The van der Waals surface area contributed by atoms with E-state index in [4.69, 9.17) is 28.4 Å². The highest BCUT2D eigenvalue weighted by atomic mass is 32.2. The van der Waals surface area contributed by atoms with Crippen LogP contribution in [0.1, 0.15) is 81.6 Å². The number of fused-ring (bicyclic) bond motifs is 2. The normalized spacial score (nSPS) is 42.5. The Hall–Kier alpha value is -1.70. The Bertz CT molecular complexity index is 1130. The number of carbonyl (C=O) groups excluding carboxylic acids is 3. The van der Waals surface area contributed by atoms with Crippen molar-refractivity contribution < 1.29 is 47.9 Å². The standard InChI is InChI=1S/C34H57NO10S/c1-13-26-34(9)30(46-15-14-36)20(4)28(39)22(6)33(8,40-12)17-25(19(3)27(38)21(5)31(44-26)45-34)43-32-29(42-23(7)37)24(35(10)11)16-18(2)41-32/h18-20,22,24-26,29-30,32,36H,13-17H2,1-12H3/b31-21-/t18-,19-,20-,22+,24+,25+,26-,29-,30-,32?,33-,34+/m1/s1. The molecular weight excluding hydrogens is 614 g/mol. The molecule has 12 atom stereocenters. The van der Waals surface area contributed by atoms with Gasteiger partial charge in [-0.3, -0.25) is 14.4 Å². The first-order chi connectivity index (χ1) is 21.4. The minimum absolute atomic E-state index is 0.0291. The van der Waals surface area contributed by atoms with Gasteiger partial charge in [0.05, 0.1) is 41.3 Å². The molecule has 0 radical (unpaired) electrons. The summed E-state index contributed by atoms with van der Waals surface area (Å²) in [6.45, 7) is 16.2. The Balaban J connectivity index is 2.16. The molecule has 11 nitrogen and oxygen atoms in total. The average Bonchev–Trinajstić information content (AvgIpc) is 3.35. The molecule has 0 aromatic carbocycles. The molecule has 0 aromatic heterocycles. The number of Topliss-reactive ketones (excluding diaryl/α,β-unsaturated/α-hetero) is 2. The van der Waals surface area contributed by atoms with Gasteiger partial charge in [-0.25, -0.2) is 0 Å². The number of carbonyl (C=O) groups is 3. The summed E-state index contributed by atoms with van der Waals surface area (Å²) in [5.41, 5.74) is -1.66. The van der Waals surface area contributed by atoms with E-state index >= 15 is 0 Å². The molecule has 264 valence electrons. The van der Waals surface area contributed by atoms with Gasteiger partial charge in [-0.05, 0) is 54.6 Å². The van der Waals surface area contributed by atoms with Crippen LogP contribution in [0, 0.1) is 17.8 Å². The number of ketones is 2. The summed E-state index contributed by atoms with van der Waals surface area (Å²) in [7, 11) is 5.40. The van der Waals surface area contributed by atoms with E-state index in [0.29, 0.717) is 24.2 Å². The van der Waals surface area contributed by atoms with E-state index in [1.165, 1.54) is 18.7 Å². The molecule has 1 N–H and O–H groups in total. The van der Waals surface area contributed by atoms with Crippen molar-refractivity contribution in [2.75, 3.05) is 33.6 Å². The number of esters is 1. The molecule has 3 aliphatic heterocycles. The van der Waals surface area contributed by atoms with Crippen molar-refractivity contribution in [2.24, 2.45) is 17.8 Å². The van der Waals surface area contributed by atoms with Crippen LogP contribution in [0.3, 0.4) is 0 Å². The maximum Gasteiger partial charge on any atom is 0.303 e. The number of likely N-dealkylation sites (N-methyl/N-ethyl adjacent to an activating group) is 1. The summed E-state index contributed by atoms with van der Waals surface area (Å²) >= 11 is 1.48. The van der Waals surface area contributed by atoms with Crippen molar-refractivity contribution in [2.45, 2.75) is 135 Å². The maximum atomic E-state index is 14.4. The third kappa shape index (κ3) is 7.94. The monoisotopic (exact) mass is 671 g/mol. The van der Waals surface area contributed by atoms with E-state index in [-0.39, 0.29) is 47.9 Å². The molecule has 2 bridgehead atoms. The molecule has 3 rings (SSSR count). The lowest BCUT2D eigenvalue weighted by atomic mass is 9.74. The smallest absolute Gasteiger partial charge is 0.303 e. The predicted molar refractivity (Wildman–Crippen MR) is 175 cm³/mol. The Morgan fingerprint density at radius 3 is 2.33 bits per heavy atom. The van der Waals surface area contributed by atoms with Crippen molar-refractivity contribution >= 4 is 29.3 Å². The molecule has 3 aliphatic rings. The zero-order chi connectivity index (χ0) is 34.7. The number of hydrogen-bond donors (Lipinski definition) is 1. The van der Waals surface area contributed by atoms with Crippen LogP contribution in [0.2, 0.25) is 0 Å². The van der Waals surface area contributed by atoms with Gasteiger partial charge in [0.1, 0.15) is 11.9 Å². The number of hydrogen-bond acceptors (Lipinski definition) is 12. The molecule has 0 aliphatic carbocycles. The fourth-order valence-corrected chi connectivity index (χ4v) is 8.49. The van der Waals surface area contributed by atoms with E-state index in [1.807, 2.05) is 60.5 Å². The Morgan fingerprint density at radius 2 is 1.78 bits per heavy atom. The van der Waals surface area contributed by atoms with E-state index < -0.39 is 59.5 Å². The second-order valence-corrected chi connectivity index (χ2v) is 15.1. The van der Waals surface area contributed by atoms with Crippen molar-refractivity contribution in [1.29, 1.82) is 0 Å². The Labute approximate surface area is 279 Å². The number of aliphatic hydroxyl groups is 1. The lowest BCUT2D eigenvalue weighted by Gasteiger charge is -2.45. The molecule has 0 saturated carbocycles. The van der Waals surface area contributed by atoms with E-state index in [2.05, 4.69) is 0 Å². The van der Waals surface area contributed by atoms with Crippen LogP contribution in [0.5, 0.6) is 0 Å². The van der Waals surface area contributed by atoms with Gasteiger partial charge in [0.25, 0.3) is 5.95 Å². The van der Waals surface area contributed by atoms with Gasteiger partial charge in [0, 0.05) is 44.0 Å². The molecule has 12 heteroatoms. The fourth-order valence-electron chi connectivity index (χ4n) is 7.18. The molecule has 0 aromatic rings. The zero-order valence-corrected chi connectivity index (χ0v) is 30.6. The number of nitrogens with zero attached hydrogens (tertiary/aromatic N) is 1. The number of rotatable bonds is 9. The van der Waals surface area contributed by atoms with Crippen molar-refractivity contribution in [3.05, 3.63) is 11.5 Å². The van der Waals surface area contributed by atoms with Crippen LogP contribution >= 0.6 is 11.8 Å².